The van der Waals surface area contributed by atoms with Gasteiger partial charge in [0.25, 0.3) is 5.91 Å². The van der Waals surface area contributed by atoms with Crippen LogP contribution >= 0.6 is 0 Å². The molecule has 6 heteroatoms. The van der Waals surface area contributed by atoms with E-state index in [9.17, 15) is 14.4 Å². The molecule has 0 aliphatic carbocycles. The predicted octanol–water partition coefficient (Wildman–Crippen LogP) is 5.07. The van der Waals surface area contributed by atoms with E-state index in [0.29, 0.717) is 24.4 Å². The summed E-state index contributed by atoms with van der Waals surface area (Å²) in [4.78, 5) is 36.7. The molecule has 1 N–H and O–H groups in total. The molecule has 1 atom stereocenters. The second-order valence-corrected chi connectivity index (χ2v) is 8.88. The molecule has 1 heterocycles. The molecule has 0 aromatic heterocycles. The van der Waals surface area contributed by atoms with Crippen LogP contribution in [0.25, 0.3) is 0 Å². The maximum absolute atomic E-state index is 12.9. The van der Waals surface area contributed by atoms with E-state index >= 15 is 0 Å². The zero-order chi connectivity index (χ0) is 22.2. The lowest BCUT2D eigenvalue weighted by Crippen LogP contribution is -2.47. The Balaban J connectivity index is 0.000000447. The zero-order valence-corrected chi connectivity index (χ0v) is 18.9. The molecule has 162 valence electrons. The topological polar surface area (TPSA) is 75.7 Å². The molecule has 0 radical (unpaired) electrons. The van der Waals surface area contributed by atoms with Gasteiger partial charge in [-0.25, -0.2) is 9.69 Å². The van der Waals surface area contributed by atoms with E-state index in [-0.39, 0.29) is 23.5 Å². The Labute approximate surface area is 175 Å². The second-order valence-electron chi connectivity index (χ2n) is 8.88. The van der Waals surface area contributed by atoms with Gasteiger partial charge in [-0.3, -0.25) is 9.59 Å². The summed E-state index contributed by atoms with van der Waals surface area (Å²) in [5.41, 5.74) is -0.417. The molecule has 29 heavy (non-hydrogen) atoms. The largest absolute Gasteiger partial charge is 0.460 e. The fourth-order valence-electron chi connectivity index (χ4n) is 3.29. The minimum Gasteiger partial charge on any atom is -0.460 e. The number of hydrogen-bond acceptors (Lipinski definition) is 4. The average molecular weight is 405 g/mol. The van der Waals surface area contributed by atoms with Crippen LogP contribution in [-0.2, 0) is 14.3 Å². The highest BCUT2D eigenvalue weighted by atomic mass is 16.6. The fourth-order valence-corrected chi connectivity index (χ4v) is 3.29. The lowest BCUT2D eigenvalue weighted by atomic mass is 9.86. The van der Waals surface area contributed by atoms with Crippen molar-refractivity contribution in [3.63, 3.8) is 0 Å². The highest BCUT2D eigenvalue weighted by Crippen LogP contribution is 2.32. The van der Waals surface area contributed by atoms with Crippen LogP contribution in [0.4, 0.5) is 10.5 Å². The smallest absolute Gasteiger partial charge is 0.329 e. The molecule has 1 fully saturated rings. The first-order valence-electron chi connectivity index (χ1n) is 10.3. The molecular formula is C23H36N2O4. The first-order chi connectivity index (χ1) is 13.4. The summed E-state index contributed by atoms with van der Waals surface area (Å²) >= 11 is 0. The minimum atomic E-state index is -0.730. The Kier molecular flexibility index (Phi) is 8.86. The van der Waals surface area contributed by atoms with Crippen molar-refractivity contribution in [1.82, 2.24) is 5.32 Å². The maximum Gasteiger partial charge on any atom is 0.329 e. The van der Waals surface area contributed by atoms with Gasteiger partial charge >= 0.3 is 12.0 Å². The van der Waals surface area contributed by atoms with Gasteiger partial charge in [0.1, 0.15) is 11.1 Å². The number of amides is 3. The van der Waals surface area contributed by atoms with Gasteiger partial charge in [-0.1, -0.05) is 45.4 Å². The maximum atomic E-state index is 12.9. The number of rotatable bonds is 6. The molecular weight excluding hydrogens is 368 g/mol. The van der Waals surface area contributed by atoms with Crippen LogP contribution in [0.15, 0.2) is 30.3 Å². The minimum absolute atomic E-state index is 0.110. The lowest BCUT2D eigenvalue weighted by molar-refractivity contribution is -0.151. The highest BCUT2D eigenvalue weighted by molar-refractivity contribution is 6.23. The number of carbonyl (C=O) groups excluding carboxylic acids is 3. The van der Waals surface area contributed by atoms with Crippen molar-refractivity contribution < 1.29 is 19.1 Å². The second kappa shape index (κ2) is 10.4. The summed E-state index contributed by atoms with van der Waals surface area (Å²) in [7, 11) is 0. The zero-order valence-electron chi connectivity index (χ0n) is 18.9. The monoisotopic (exact) mass is 404 g/mol. The van der Waals surface area contributed by atoms with Gasteiger partial charge in [0, 0.05) is 6.92 Å². The van der Waals surface area contributed by atoms with Crippen LogP contribution in [0, 0.1) is 5.92 Å². The molecule has 1 aliphatic heterocycles. The normalized spacial score (nSPS) is 19.0. The van der Waals surface area contributed by atoms with E-state index in [1.54, 1.807) is 12.1 Å². The number of para-hydroxylation sites is 1. The van der Waals surface area contributed by atoms with Crippen LogP contribution in [-0.4, -0.2) is 29.0 Å². The summed E-state index contributed by atoms with van der Waals surface area (Å²) in [5, 5.41) is 2.96. The number of urea groups is 1. The first-order valence-corrected chi connectivity index (χ1v) is 10.3. The van der Waals surface area contributed by atoms with E-state index in [2.05, 4.69) is 19.2 Å². The molecule has 3 amide bonds. The first kappa shape index (κ1) is 24.7. The molecule has 2 rings (SSSR count). The van der Waals surface area contributed by atoms with Crippen molar-refractivity contribution in [3.8, 4) is 0 Å². The Morgan fingerprint density at radius 2 is 1.72 bits per heavy atom. The van der Waals surface area contributed by atoms with E-state index in [1.807, 2.05) is 45.9 Å². The van der Waals surface area contributed by atoms with Crippen LogP contribution in [0.5, 0.6) is 0 Å². The van der Waals surface area contributed by atoms with Crippen molar-refractivity contribution in [1.29, 1.82) is 0 Å². The van der Waals surface area contributed by atoms with Gasteiger partial charge in [-0.15, -0.1) is 0 Å². The number of nitrogens with one attached hydrogen (secondary N) is 1. The third-order valence-electron chi connectivity index (χ3n) is 4.45. The van der Waals surface area contributed by atoms with Crippen molar-refractivity contribution in [2.75, 3.05) is 4.90 Å². The summed E-state index contributed by atoms with van der Waals surface area (Å²) < 4.78 is 4.80. The van der Waals surface area contributed by atoms with Gasteiger partial charge in [0.2, 0.25) is 0 Å². The Bertz CT molecular complexity index is 695. The number of anilines is 1. The van der Waals surface area contributed by atoms with Gasteiger partial charge in [0.05, 0.1) is 5.69 Å². The number of imide groups is 1. The Morgan fingerprint density at radius 3 is 2.14 bits per heavy atom. The van der Waals surface area contributed by atoms with Gasteiger partial charge in [-0.2, -0.15) is 0 Å². The van der Waals surface area contributed by atoms with E-state index in [0.717, 1.165) is 12.8 Å². The lowest BCUT2D eigenvalue weighted by Gasteiger charge is -2.27. The molecule has 0 bridgehead atoms. The highest BCUT2D eigenvalue weighted by Gasteiger charge is 2.50. The van der Waals surface area contributed by atoms with Crippen molar-refractivity contribution >= 4 is 23.6 Å². The molecule has 1 aliphatic rings. The van der Waals surface area contributed by atoms with Crippen LogP contribution < -0.4 is 10.2 Å². The van der Waals surface area contributed by atoms with E-state index < -0.39 is 5.54 Å². The average Bonchev–Trinajstić information content (AvgIpc) is 2.83. The Hall–Kier alpha value is -2.37. The molecule has 1 unspecified atom stereocenters. The number of ether oxygens (including phenoxy) is 1. The quantitative estimate of drug-likeness (QED) is 0.531. The molecule has 0 spiro atoms. The van der Waals surface area contributed by atoms with E-state index in [4.69, 9.17) is 4.74 Å². The van der Waals surface area contributed by atoms with Gasteiger partial charge in [-0.05, 0) is 58.1 Å². The van der Waals surface area contributed by atoms with Crippen LogP contribution in [0.2, 0.25) is 0 Å². The third-order valence-corrected chi connectivity index (χ3v) is 4.45. The fraction of sp³-hybridized carbons (Fsp3) is 0.609. The molecule has 1 aromatic rings. The number of benzene rings is 1. The van der Waals surface area contributed by atoms with Crippen molar-refractivity contribution in [2.45, 2.75) is 85.3 Å². The predicted molar refractivity (Wildman–Crippen MR) is 116 cm³/mol. The van der Waals surface area contributed by atoms with E-state index in [1.165, 1.54) is 11.8 Å². The standard InChI is InChI=1S/C17H24N2O2.C6H12O2/c1-4-11-17(12-10-13(2)3)15(20)19(16(21)18-17)14-8-6-5-7-9-14;1-5(7)8-6(2,3)4/h5-9,13H,4,10-12H2,1-3H3,(H,18,21);1-4H3. The number of nitrogens with zero attached hydrogens (tertiary/aromatic N) is 1. The number of carbonyl (C=O) groups is 3. The Morgan fingerprint density at radius 1 is 1.14 bits per heavy atom. The van der Waals surface area contributed by atoms with Gasteiger partial charge < -0.3 is 10.1 Å². The van der Waals surface area contributed by atoms with Crippen molar-refractivity contribution in [3.05, 3.63) is 30.3 Å². The summed E-state index contributed by atoms with van der Waals surface area (Å²) in [6.45, 7) is 13.2. The molecule has 1 aromatic carbocycles. The van der Waals surface area contributed by atoms with Gasteiger partial charge in [0.15, 0.2) is 0 Å². The third kappa shape index (κ3) is 7.52. The molecule has 1 saturated heterocycles. The van der Waals surface area contributed by atoms with Crippen molar-refractivity contribution in [2.24, 2.45) is 5.92 Å². The number of hydrogen-bond donors (Lipinski definition) is 1. The summed E-state index contributed by atoms with van der Waals surface area (Å²) in [5.74, 6) is 0.174. The molecule has 0 saturated carbocycles. The van der Waals surface area contributed by atoms with Crippen LogP contribution in [0.1, 0.15) is 74.1 Å². The molecule has 6 nitrogen and oxygen atoms in total. The SMILES string of the molecule is CC(=O)OC(C)(C)C.CCCC1(CCC(C)C)NC(=O)N(c2ccccc2)C1=O. The summed E-state index contributed by atoms with van der Waals surface area (Å²) in [6, 6.07) is 8.83. The summed E-state index contributed by atoms with van der Waals surface area (Å²) in [6.07, 6.45) is 3.18. The van der Waals surface area contributed by atoms with Crippen LogP contribution in [0.3, 0.4) is 0 Å². The number of esters is 1.